The van der Waals surface area contributed by atoms with E-state index >= 15 is 0 Å². The number of carbonyl (C=O) groups is 3. The molecule has 0 atom stereocenters. The van der Waals surface area contributed by atoms with Gasteiger partial charge in [0, 0.05) is 18.5 Å². The molecule has 3 aromatic rings. The van der Waals surface area contributed by atoms with Gasteiger partial charge in [0.05, 0.1) is 12.7 Å². The fraction of sp³-hybridized carbons (Fsp3) is 0.320. The largest absolute Gasteiger partial charge is 0.480 e. The molecule has 0 aliphatic heterocycles. The van der Waals surface area contributed by atoms with Gasteiger partial charge in [-0.3, -0.25) is 9.59 Å². The van der Waals surface area contributed by atoms with Crippen LogP contribution >= 0.6 is 0 Å². The summed E-state index contributed by atoms with van der Waals surface area (Å²) in [5, 5.41) is 19.4. The topological polar surface area (TPSA) is 127 Å². The third-order valence-electron chi connectivity index (χ3n) is 5.90. The summed E-state index contributed by atoms with van der Waals surface area (Å²) >= 11 is 0. The van der Waals surface area contributed by atoms with Crippen LogP contribution in [0.2, 0.25) is 0 Å². The minimum absolute atomic E-state index is 0.0215. The van der Waals surface area contributed by atoms with E-state index in [9.17, 15) is 14.4 Å². The second kappa shape index (κ2) is 10.4. The number of benzene rings is 2. The minimum Gasteiger partial charge on any atom is -0.480 e. The Bertz CT molecular complexity index is 1190. The summed E-state index contributed by atoms with van der Waals surface area (Å²) in [6, 6.07) is 15.9. The van der Waals surface area contributed by atoms with Crippen LogP contribution in [0.15, 0.2) is 54.7 Å². The van der Waals surface area contributed by atoms with Gasteiger partial charge in [0.15, 0.2) is 5.69 Å². The van der Waals surface area contributed by atoms with Gasteiger partial charge >= 0.3 is 12.1 Å². The van der Waals surface area contributed by atoms with Crippen molar-refractivity contribution in [1.82, 2.24) is 25.2 Å². The highest BCUT2D eigenvalue weighted by molar-refractivity contribution is 5.94. The SMILES string of the molecule is CC(C)N(CC(=O)O)C(=O)c1cn(CCNC(=O)OCC2c3ccccc3-c3ccccc32)nn1. The molecule has 2 N–H and O–H groups in total. The van der Waals surface area contributed by atoms with Crippen molar-refractivity contribution in [2.45, 2.75) is 32.4 Å². The third kappa shape index (κ3) is 5.32. The van der Waals surface area contributed by atoms with Gasteiger partial charge in [-0.15, -0.1) is 5.10 Å². The number of nitrogens with zero attached hydrogens (tertiary/aromatic N) is 4. The first-order valence-corrected chi connectivity index (χ1v) is 11.4. The number of carboxylic acids is 1. The standard InChI is InChI=1S/C25H27N5O5/c1-16(2)30(14-23(31)32)24(33)22-13-29(28-27-22)12-11-26-25(34)35-15-21-19-9-5-3-7-17(19)18-8-4-6-10-20(18)21/h3-10,13,16,21H,11-12,14-15H2,1-2H3,(H,26,34)(H,31,32). The number of rotatable bonds is 9. The second-order valence-electron chi connectivity index (χ2n) is 8.54. The van der Waals surface area contributed by atoms with Gasteiger partial charge in [0.25, 0.3) is 5.91 Å². The van der Waals surface area contributed by atoms with Crippen LogP contribution in [-0.4, -0.2) is 68.7 Å². The maximum atomic E-state index is 12.6. The van der Waals surface area contributed by atoms with Gasteiger partial charge in [0.2, 0.25) is 0 Å². The van der Waals surface area contributed by atoms with Gasteiger partial charge in [-0.25, -0.2) is 9.48 Å². The molecule has 35 heavy (non-hydrogen) atoms. The highest BCUT2D eigenvalue weighted by atomic mass is 16.5. The average molecular weight is 478 g/mol. The number of alkyl carbamates (subject to hydrolysis) is 1. The molecular weight excluding hydrogens is 450 g/mol. The summed E-state index contributed by atoms with van der Waals surface area (Å²) < 4.78 is 6.92. The molecule has 2 amide bonds. The number of hydrogen-bond acceptors (Lipinski definition) is 6. The number of ether oxygens (including phenoxy) is 1. The summed E-state index contributed by atoms with van der Waals surface area (Å²) in [7, 11) is 0. The third-order valence-corrected chi connectivity index (χ3v) is 5.90. The number of aliphatic carboxylic acids is 1. The highest BCUT2D eigenvalue weighted by Gasteiger charge is 2.29. The predicted molar refractivity (Wildman–Crippen MR) is 127 cm³/mol. The Kier molecular flexibility index (Phi) is 7.09. The lowest BCUT2D eigenvalue weighted by atomic mass is 9.98. The number of aromatic nitrogens is 3. The summed E-state index contributed by atoms with van der Waals surface area (Å²) in [6.07, 6.45) is 0.884. The van der Waals surface area contributed by atoms with Crippen LogP contribution in [0.3, 0.4) is 0 Å². The van der Waals surface area contributed by atoms with Crippen LogP contribution in [-0.2, 0) is 16.1 Å². The maximum absolute atomic E-state index is 12.6. The van der Waals surface area contributed by atoms with Crippen LogP contribution in [0.1, 0.15) is 41.4 Å². The molecule has 2 aromatic carbocycles. The smallest absolute Gasteiger partial charge is 0.407 e. The monoisotopic (exact) mass is 477 g/mol. The van der Waals surface area contributed by atoms with Crippen molar-refractivity contribution >= 4 is 18.0 Å². The molecular formula is C25H27N5O5. The average Bonchev–Trinajstić information content (AvgIpc) is 3.43. The molecule has 1 heterocycles. The van der Waals surface area contributed by atoms with E-state index in [-0.39, 0.29) is 37.4 Å². The van der Waals surface area contributed by atoms with Crippen LogP contribution in [0.5, 0.6) is 0 Å². The summed E-state index contributed by atoms with van der Waals surface area (Å²) in [5.74, 6) is -1.64. The van der Waals surface area contributed by atoms with Crippen LogP contribution in [0.25, 0.3) is 11.1 Å². The van der Waals surface area contributed by atoms with Crippen molar-refractivity contribution in [1.29, 1.82) is 0 Å². The number of carbonyl (C=O) groups excluding carboxylic acids is 2. The molecule has 10 heteroatoms. The molecule has 0 bridgehead atoms. The van der Waals surface area contributed by atoms with Crippen molar-refractivity contribution in [3.05, 3.63) is 71.5 Å². The lowest BCUT2D eigenvalue weighted by Crippen LogP contribution is -2.40. The first-order chi connectivity index (χ1) is 16.8. The van der Waals surface area contributed by atoms with Crippen LogP contribution < -0.4 is 5.32 Å². The Morgan fingerprint density at radius 3 is 2.31 bits per heavy atom. The second-order valence-corrected chi connectivity index (χ2v) is 8.54. The zero-order valence-electron chi connectivity index (χ0n) is 19.5. The Hall–Kier alpha value is -4.21. The van der Waals surface area contributed by atoms with Crippen LogP contribution in [0.4, 0.5) is 4.79 Å². The summed E-state index contributed by atoms with van der Waals surface area (Å²) in [4.78, 5) is 37.1. The molecule has 0 unspecified atom stereocenters. The van der Waals surface area contributed by atoms with E-state index < -0.39 is 24.5 Å². The number of nitrogens with one attached hydrogen (secondary N) is 1. The first-order valence-electron chi connectivity index (χ1n) is 11.4. The lowest BCUT2D eigenvalue weighted by molar-refractivity contribution is -0.138. The van der Waals surface area contributed by atoms with E-state index in [2.05, 4.69) is 39.9 Å². The van der Waals surface area contributed by atoms with E-state index in [1.165, 1.54) is 15.8 Å². The zero-order chi connectivity index (χ0) is 24.9. The molecule has 0 saturated heterocycles. The predicted octanol–water partition coefficient (Wildman–Crippen LogP) is 2.75. The van der Waals surface area contributed by atoms with Crippen molar-refractivity contribution in [3.8, 4) is 11.1 Å². The molecule has 4 rings (SSSR count). The van der Waals surface area contributed by atoms with Crippen molar-refractivity contribution in [3.63, 3.8) is 0 Å². The summed E-state index contributed by atoms with van der Waals surface area (Å²) in [5.41, 5.74) is 4.64. The van der Waals surface area contributed by atoms with Gasteiger partial charge < -0.3 is 20.1 Å². The molecule has 0 fully saturated rings. The fourth-order valence-corrected chi connectivity index (χ4v) is 4.21. The van der Waals surface area contributed by atoms with Crippen molar-refractivity contribution in [2.75, 3.05) is 19.7 Å². The number of fused-ring (bicyclic) bond motifs is 3. The van der Waals surface area contributed by atoms with Crippen LogP contribution in [0, 0.1) is 0 Å². The molecule has 1 aromatic heterocycles. The van der Waals surface area contributed by atoms with Crippen molar-refractivity contribution < 1.29 is 24.2 Å². The number of carboxylic acid groups (broad SMARTS) is 1. The highest BCUT2D eigenvalue weighted by Crippen LogP contribution is 2.44. The zero-order valence-corrected chi connectivity index (χ0v) is 19.5. The quantitative estimate of drug-likeness (QED) is 0.485. The molecule has 182 valence electrons. The Balaban J connectivity index is 1.28. The van der Waals surface area contributed by atoms with E-state index in [4.69, 9.17) is 9.84 Å². The molecule has 0 saturated carbocycles. The van der Waals surface area contributed by atoms with Crippen molar-refractivity contribution in [2.24, 2.45) is 0 Å². The normalized spacial score (nSPS) is 12.2. The molecule has 0 spiro atoms. The Labute approximate surface area is 202 Å². The van der Waals surface area contributed by atoms with Gasteiger partial charge in [-0.1, -0.05) is 53.7 Å². The van der Waals surface area contributed by atoms with E-state index in [0.29, 0.717) is 0 Å². The minimum atomic E-state index is -1.10. The van der Waals surface area contributed by atoms with Gasteiger partial charge in [0.1, 0.15) is 13.2 Å². The number of amides is 2. The molecule has 1 aliphatic carbocycles. The molecule has 1 aliphatic rings. The lowest BCUT2D eigenvalue weighted by Gasteiger charge is -2.23. The Morgan fingerprint density at radius 1 is 1.09 bits per heavy atom. The molecule has 10 nitrogen and oxygen atoms in total. The Morgan fingerprint density at radius 2 is 1.71 bits per heavy atom. The van der Waals surface area contributed by atoms with Gasteiger partial charge in [-0.05, 0) is 36.1 Å². The molecule has 0 radical (unpaired) electrons. The van der Waals surface area contributed by atoms with E-state index in [1.54, 1.807) is 13.8 Å². The van der Waals surface area contributed by atoms with E-state index in [1.807, 2.05) is 24.3 Å². The summed E-state index contributed by atoms with van der Waals surface area (Å²) in [6.45, 7) is 3.73. The van der Waals surface area contributed by atoms with E-state index in [0.717, 1.165) is 22.3 Å². The first kappa shape index (κ1) is 23.9. The van der Waals surface area contributed by atoms with Gasteiger partial charge in [-0.2, -0.15) is 0 Å². The fourth-order valence-electron chi connectivity index (χ4n) is 4.21. The number of hydrogen-bond donors (Lipinski definition) is 2. The maximum Gasteiger partial charge on any atom is 0.407 e.